The summed E-state index contributed by atoms with van der Waals surface area (Å²) in [6, 6.07) is 0.182. The highest BCUT2D eigenvalue weighted by molar-refractivity contribution is 7.91. The number of carboxylic acids is 1. The molecule has 0 spiro atoms. The van der Waals surface area contributed by atoms with Gasteiger partial charge in [0.25, 0.3) is 10.0 Å². The summed E-state index contributed by atoms with van der Waals surface area (Å²) in [4.78, 5) is 22.5. The molecule has 0 radical (unpaired) electrons. The summed E-state index contributed by atoms with van der Waals surface area (Å²) in [6.07, 6.45) is 0.343. The van der Waals surface area contributed by atoms with Crippen LogP contribution < -0.4 is 10.0 Å². The lowest BCUT2D eigenvalue weighted by atomic mass is 10.0. The first kappa shape index (κ1) is 17.6. The minimum absolute atomic E-state index is 0.0965. The van der Waals surface area contributed by atoms with E-state index >= 15 is 0 Å². The molecule has 0 fully saturated rings. The second-order valence-corrected chi connectivity index (χ2v) is 7.73. The van der Waals surface area contributed by atoms with E-state index < -0.39 is 27.9 Å². The molecule has 0 saturated carbocycles. The number of aromatic carboxylic acids is 1. The zero-order chi connectivity index (χ0) is 16.2. The maximum atomic E-state index is 12.2. The maximum absolute atomic E-state index is 12.2. The van der Waals surface area contributed by atoms with Gasteiger partial charge in [-0.25, -0.2) is 13.2 Å². The van der Waals surface area contributed by atoms with Crippen molar-refractivity contribution in [3.05, 3.63) is 17.0 Å². The molecule has 1 amide bonds. The van der Waals surface area contributed by atoms with Crippen LogP contribution in [0.15, 0.2) is 15.7 Å². The Morgan fingerprint density at radius 1 is 1.38 bits per heavy atom. The van der Waals surface area contributed by atoms with Gasteiger partial charge in [-0.1, -0.05) is 13.8 Å². The van der Waals surface area contributed by atoms with Crippen molar-refractivity contribution in [1.29, 1.82) is 0 Å². The summed E-state index contributed by atoms with van der Waals surface area (Å²) in [5, 5.41) is 12.5. The van der Waals surface area contributed by atoms with Crippen LogP contribution in [0.25, 0.3) is 0 Å². The predicted molar refractivity (Wildman–Crippen MR) is 78.9 cm³/mol. The zero-order valence-corrected chi connectivity index (χ0v) is 13.5. The standard InChI is InChI=1S/C12H18N2O5S2/c1-7(2)4-9(11(15)13-3)14-21(18,19)10-5-8(6-20-10)12(16)17/h5-7,9,14H,4H2,1-3H3,(H,13,15)(H,16,17). The minimum Gasteiger partial charge on any atom is -0.478 e. The highest BCUT2D eigenvalue weighted by atomic mass is 32.2. The van der Waals surface area contributed by atoms with Gasteiger partial charge in [-0.2, -0.15) is 4.72 Å². The Morgan fingerprint density at radius 3 is 2.43 bits per heavy atom. The first-order valence-electron chi connectivity index (χ1n) is 6.23. The molecule has 0 aliphatic carbocycles. The van der Waals surface area contributed by atoms with E-state index in [0.717, 1.165) is 17.4 Å². The van der Waals surface area contributed by atoms with Crippen LogP contribution in [0.1, 0.15) is 30.6 Å². The van der Waals surface area contributed by atoms with Crippen molar-refractivity contribution in [2.75, 3.05) is 7.05 Å². The van der Waals surface area contributed by atoms with Crippen molar-refractivity contribution >= 4 is 33.2 Å². The topological polar surface area (TPSA) is 113 Å². The molecule has 0 aliphatic rings. The highest BCUT2D eigenvalue weighted by Gasteiger charge is 2.27. The van der Waals surface area contributed by atoms with Crippen LogP contribution in [-0.2, 0) is 14.8 Å². The molecule has 0 saturated heterocycles. The van der Waals surface area contributed by atoms with Gasteiger partial charge in [0.15, 0.2) is 0 Å². The van der Waals surface area contributed by atoms with E-state index in [0.29, 0.717) is 6.42 Å². The minimum atomic E-state index is -3.93. The number of carboxylic acid groups (broad SMARTS) is 1. The van der Waals surface area contributed by atoms with Crippen LogP contribution in [0.4, 0.5) is 0 Å². The number of rotatable bonds is 7. The van der Waals surface area contributed by atoms with E-state index in [4.69, 9.17) is 5.11 Å². The summed E-state index contributed by atoms with van der Waals surface area (Å²) in [5.41, 5.74) is -0.0965. The molecule has 1 heterocycles. The van der Waals surface area contributed by atoms with Crippen LogP contribution in [-0.4, -0.2) is 38.5 Å². The maximum Gasteiger partial charge on any atom is 0.336 e. The zero-order valence-electron chi connectivity index (χ0n) is 11.9. The van der Waals surface area contributed by atoms with Gasteiger partial charge in [-0.05, 0) is 18.4 Å². The average molecular weight is 334 g/mol. The largest absolute Gasteiger partial charge is 0.478 e. The molecule has 0 aliphatic heterocycles. The normalized spacial score (nSPS) is 13.1. The van der Waals surface area contributed by atoms with Crippen molar-refractivity contribution in [2.24, 2.45) is 5.92 Å². The smallest absolute Gasteiger partial charge is 0.336 e. The highest BCUT2D eigenvalue weighted by Crippen LogP contribution is 2.21. The first-order chi connectivity index (χ1) is 9.67. The van der Waals surface area contributed by atoms with Gasteiger partial charge in [-0.15, -0.1) is 11.3 Å². The van der Waals surface area contributed by atoms with Crippen LogP contribution in [0, 0.1) is 5.92 Å². The summed E-state index contributed by atoms with van der Waals surface area (Å²) in [6.45, 7) is 3.75. The Morgan fingerprint density at radius 2 is 2.00 bits per heavy atom. The number of likely N-dealkylation sites (N-methyl/N-ethyl adjacent to an activating group) is 1. The van der Waals surface area contributed by atoms with E-state index in [1.54, 1.807) is 0 Å². The number of amides is 1. The monoisotopic (exact) mass is 334 g/mol. The van der Waals surface area contributed by atoms with E-state index in [1.165, 1.54) is 12.4 Å². The predicted octanol–water partition coefficient (Wildman–Crippen LogP) is 0.885. The third-order valence-electron chi connectivity index (χ3n) is 2.65. The summed E-state index contributed by atoms with van der Waals surface area (Å²) >= 11 is 0.802. The Hall–Kier alpha value is -1.45. The molecular formula is C12H18N2O5S2. The number of thiophene rings is 1. The van der Waals surface area contributed by atoms with E-state index in [-0.39, 0.29) is 15.7 Å². The third kappa shape index (κ3) is 4.80. The fourth-order valence-corrected chi connectivity index (χ4v) is 4.05. The lowest BCUT2D eigenvalue weighted by molar-refractivity contribution is -0.122. The van der Waals surface area contributed by atoms with Gasteiger partial charge in [0.05, 0.1) is 5.56 Å². The van der Waals surface area contributed by atoms with Gasteiger partial charge in [0.2, 0.25) is 5.91 Å². The Balaban J connectivity index is 2.99. The molecule has 1 unspecified atom stereocenters. The van der Waals surface area contributed by atoms with E-state index in [2.05, 4.69) is 10.0 Å². The number of hydrogen-bond acceptors (Lipinski definition) is 5. The van der Waals surface area contributed by atoms with Gasteiger partial charge in [0.1, 0.15) is 10.3 Å². The van der Waals surface area contributed by atoms with Gasteiger partial charge < -0.3 is 10.4 Å². The van der Waals surface area contributed by atoms with Crippen molar-refractivity contribution in [1.82, 2.24) is 10.0 Å². The van der Waals surface area contributed by atoms with Crippen LogP contribution in [0.3, 0.4) is 0 Å². The fraction of sp³-hybridized carbons (Fsp3) is 0.500. The summed E-state index contributed by atoms with van der Waals surface area (Å²) in [7, 11) is -2.50. The molecular weight excluding hydrogens is 316 g/mol. The summed E-state index contributed by atoms with van der Waals surface area (Å²) < 4.78 is 26.6. The Kier molecular flexibility index (Phi) is 5.87. The van der Waals surface area contributed by atoms with Gasteiger partial charge in [0, 0.05) is 12.4 Å². The number of hydrogen-bond donors (Lipinski definition) is 3. The first-order valence-corrected chi connectivity index (χ1v) is 8.59. The molecule has 9 heteroatoms. The van der Waals surface area contributed by atoms with Crippen LogP contribution in [0.5, 0.6) is 0 Å². The Bertz CT molecular complexity index is 621. The van der Waals surface area contributed by atoms with Gasteiger partial charge in [-0.3, -0.25) is 4.79 Å². The molecule has 7 nitrogen and oxygen atoms in total. The van der Waals surface area contributed by atoms with Crippen molar-refractivity contribution < 1.29 is 23.1 Å². The average Bonchev–Trinajstić information content (AvgIpc) is 2.86. The molecule has 1 rings (SSSR count). The molecule has 1 aromatic heterocycles. The van der Waals surface area contributed by atoms with E-state index in [9.17, 15) is 18.0 Å². The molecule has 3 N–H and O–H groups in total. The van der Waals surface area contributed by atoms with Crippen molar-refractivity contribution in [3.63, 3.8) is 0 Å². The quantitative estimate of drug-likeness (QED) is 0.685. The second kappa shape index (κ2) is 7.01. The SMILES string of the molecule is CNC(=O)C(CC(C)C)NS(=O)(=O)c1cc(C(=O)O)cs1. The molecule has 1 aromatic rings. The summed E-state index contributed by atoms with van der Waals surface area (Å²) in [5.74, 6) is -1.51. The molecule has 1 atom stereocenters. The lowest BCUT2D eigenvalue weighted by Gasteiger charge is -2.18. The Labute approximate surface area is 127 Å². The van der Waals surface area contributed by atoms with Crippen molar-refractivity contribution in [2.45, 2.75) is 30.5 Å². The number of sulfonamides is 1. The molecule has 0 bridgehead atoms. The van der Waals surface area contributed by atoms with E-state index in [1.807, 2.05) is 13.8 Å². The molecule has 0 aromatic carbocycles. The number of nitrogens with one attached hydrogen (secondary N) is 2. The second-order valence-electron chi connectivity index (χ2n) is 4.88. The number of carbonyl (C=O) groups is 2. The fourth-order valence-electron chi connectivity index (χ4n) is 1.67. The molecule has 118 valence electrons. The third-order valence-corrected chi connectivity index (χ3v) is 5.57. The van der Waals surface area contributed by atoms with Gasteiger partial charge >= 0.3 is 5.97 Å². The van der Waals surface area contributed by atoms with Crippen LogP contribution in [0.2, 0.25) is 0 Å². The number of carbonyl (C=O) groups excluding carboxylic acids is 1. The van der Waals surface area contributed by atoms with Crippen LogP contribution >= 0.6 is 11.3 Å². The molecule has 21 heavy (non-hydrogen) atoms. The lowest BCUT2D eigenvalue weighted by Crippen LogP contribution is -2.46. The van der Waals surface area contributed by atoms with Crippen molar-refractivity contribution in [3.8, 4) is 0 Å².